The van der Waals surface area contributed by atoms with Crippen molar-refractivity contribution < 1.29 is 5.11 Å². The highest BCUT2D eigenvalue weighted by Crippen LogP contribution is 2.05. The fourth-order valence-electron chi connectivity index (χ4n) is 1.12. The summed E-state index contributed by atoms with van der Waals surface area (Å²) in [5, 5.41) is 15.5. The van der Waals surface area contributed by atoms with Crippen molar-refractivity contribution in [3.8, 4) is 5.95 Å². The Morgan fingerprint density at radius 3 is 2.94 bits per heavy atom. The zero-order valence-electron chi connectivity index (χ0n) is 8.41. The lowest BCUT2D eigenvalue weighted by Gasteiger charge is -2.05. The fraction of sp³-hybridized carbons (Fsp3) is 0.250. The molecule has 2 heterocycles. The molecule has 8 nitrogen and oxygen atoms in total. The average molecular weight is 221 g/mol. The van der Waals surface area contributed by atoms with E-state index in [0.29, 0.717) is 18.4 Å². The molecule has 0 saturated heterocycles. The number of nitrogen functional groups attached to an aromatic ring is 1. The van der Waals surface area contributed by atoms with Crippen LogP contribution in [-0.2, 0) is 0 Å². The van der Waals surface area contributed by atoms with Crippen LogP contribution in [-0.4, -0.2) is 43.0 Å². The van der Waals surface area contributed by atoms with Gasteiger partial charge in [0, 0.05) is 18.9 Å². The quantitative estimate of drug-likeness (QED) is 0.609. The van der Waals surface area contributed by atoms with Crippen LogP contribution in [0.5, 0.6) is 0 Å². The number of hydrogen-bond donors (Lipinski definition) is 3. The summed E-state index contributed by atoms with van der Waals surface area (Å²) in [5.74, 6) is 0.742. The van der Waals surface area contributed by atoms with Crippen molar-refractivity contribution in [2.75, 3.05) is 24.2 Å². The van der Waals surface area contributed by atoms with E-state index in [0.717, 1.165) is 0 Å². The highest BCUT2D eigenvalue weighted by Gasteiger charge is 2.05. The Kier molecular flexibility index (Phi) is 2.92. The molecular formula is C8H11N7O. The van der Waals surface area contributed by atoms with Crippen molar-refractivity contribution in [1.82, 2.24) is 24.7 Å². The van der Waals surface area contributed by atoms with Crippen molar-refractivity contribution in [2.45, 2.75) is 0 Å². The minimum absolute atomic E-state index is 0.0112. The van der Waals surface area contributed by atoms with Gasteiger partial charge in [-0.3, -0.25) is 0 Å². The van der Waals surface area contributed by atoms with Gasteiger partial charge in [0.15, 0.2) is 0 Å². The van der Waals surface area contributed by atoms with Crippen molar-refractivity contribution in [1.29, 1.82) is 0 Å². The fourth-order valence-corrected chi connectivity index (χ4v) is 1.12. The maximum atomic E-state index is 8.67. The number of anilines is 2. The Labute approximate surface area is 91.2 Å². The summed E-state index contributed by atoms with van der Waals surface area (Å²) in [7, 11) is 0. The zero-order chi connectivity index (χ0) is 11.4. The third kappa shape index (κ3) is 2.23. The van der Waals surface area contributed by atoms with Gasteiger partial charge in [-0.2, -0.15) is 20.1 Å². The monoisotopic (exact) mass is 221 g/mol. The summed E-state index contributed by atoms with van der Waals surface area (Å²) in [6, 6.07) is 1.75. The molecule has 0 radical (unpaired) electrons. The molecule has 0 aliphatic heterocycles. The van der Waals surface area contributed by atoms with Crippen LogP contribution in [0.3, 0.4) is 0 Å². The molecule has 0 amide bonds. The Balaban J connectivity index is 2.29. The molecule has 0 spiro atoms. The Morgan fingerprint density at radius 2 is 2.25 bits per heavy atom. The first kappa shape index (κ1) is 10.3. The highest BCUT2D eigenvalue weighted by molar-refractivity contribution is 5.34. The molecule has 0 aliphatic rings. The van der Waals surface area contributed by atoms with E-state index in [1.165, 1.54) is 4.68 Å². The summed E-state index contributed by atoms with van der Waals surface area (Å²) >= 11 is 0. The van der Waals surface area contributed by atoms with E-state index in [4.69, 9.17) is 10.8 Å². The number of hydrogen-bond acceptors (Lipinski definition) is 7. The molecule has 2 rings (SSSR count). The van der Waals surface area contributed by atoms with Crippen LogP contribution < -0.4 is 11.1 Å². The lowest BCUT2D eigenvalue weighted by atomic mass is 10.7. The molecule has 2 aromatic rings. The SMILES string of the molecule is Nc1nc(NCCO)nc(-n2cccn2)n1. The predicted octanol–water partition coefficient (Wildman–Crippen LogP) is -0.956. The first-order valence-corrected chi connectivity index (χ1v) is 4.66. The van der Waals surface area contributed by atoms with Gasteiger partial charge in [0.2, 0.25) is 11.9 Å². The number of nitrogens with one attached hydrogen (secondary N) is 1. The van der Waals surface area contributed by atoms with E-state index in [2.05, 4.69) is 25.4 Å². The largest absolute Gasteiger partial charge is 0.395 e. The van der Waals surface area contributed by atoms with Gasteiger partial charge in [0.25, 0.3) is 5.95 Å². The average Bonchev–Trinajstić information content (AvgIpc) is 2.79. The summed E-state index contributed by atoms with van der Waals surface area (Å²) < 4.78 is 1.47. The molecule has 0 aliphatic carbocycles. The van der Waals surface area contributed by atoms with E-state index in [9.17, 15) is 0 Å². The molecule has 0 fully saturated rings. The Hall–Kier alpha value is -2.22. The lowest BCUT2D eigenvalue weighted by Crippen LogP contribution is -2.13. The van der Waals surface area contributed by atoms with Gasteiger partial charge in [-0.05, 0) is 6.07 Å². The molecule has 0 bridgehead atoms. The third-order valence-electron chi connectivity index (χ3n) is 1.75. The lowest BCUT2D eigenvalue weighted by molar-refractivity contribution is 0.311. The second-order valence-electron chi connectivity index (χ2n) is 2.92. The van der Waals surface area contributed by atoms with E-state index >= 15 is 0 Å². The predicted molar refractivity (Wildman–Crippen MR) is 56.9 cm³/mol. The standard InChI is InChI=1S/C8H11N7O/c9-6-12-7(10-3-5-16)14-8(13-6)15-4-1-2-11-15/h1-2,4,16H,3,5H2,(H3,9,10,12,13,14). The van der Waals surface area contributed by atoms with E-state index in [1.807, 2.05) is 0 Å². The molecule has 0 aromatic carbocycles. The van der Waals surface area contributed by atoms with Gasteiger partial charge in [-0.15, -0.1) is 0 Å². The van der Waals surface area contributed by atoms with Crippen LogP contribution in [0, 0.1) is 0 Å². The molecule has 2 aromatic heterocycles. The van der Waals surface area contributed by atoms with E-state index in [1.54, 1.807) is 18.5 Å². The summed E-state index contributed by atoms with van der Waals surface area (Å²) in [6.07, 6.45) is 3.31. The molecule has 84 valence electrons. The molecular weight excluding hydrogens is 210 g/mol. The summed E-state index contributed by atoms with van der Waals surface area (Å²) in [6.45, 7) is 0.338. The van der Waals surface area contributed by atoms with Crippen LogP contribution in [0.1, 0.15) is 0 Å². The molecule has 0 atom stereocenters. The minimum atomic E-state index is -0.0112. The smallest absolute Gasteiger partial charge is 0.257 e. The molecule has 8 heteroatoms. The van der Waals surface area contributed by atoms with Gasteiger partial charge in [-0.1, -0.05) is 0 Å². The maximum Gasteiger partial charge on any atom is 0.257 e. The van der Waals surface area contributed by atoms with Crippen LogP contribution >= 0.6 is 0 Å². The van der Waals surface area contributed by atoms with Crippen molar-refractivity contribution in [2.24, 2.45) is 0 Å². The van der Waals surface area contributed by atoms with Gasteiger partial charge in [0.1, 0.15) is 0 Å². The van der Waals surface area contributed by atoms with E-state index in [-0.39, 0.29) is 12.6 Å². The van der Waals surface area contributed by atoms with Crippen LogP contribution in [0.4, 0.5) is 11.9 Å². The second-order valence-corrected chi connectivity index (χ2v) is 2.92. The van der Waals surface area contributed by atoms with Gasteiger partial charge >= 0.3 is 0 Å². The molecule has 0 saturated carbocycles. The molecule has 0 unspecified atom stereocenters. The molecule has 16 heavy (non-hydrogen) atoms. The minimum Gasteiger partial charge on any atom is -0.395 e. The topological polar surface area (TPSA) is 115 Å². The maximum absolute atomic E-state index is 8.67. The van der Waals surface area contributed by atoms with Crippen molar-refractivity contribution in [3.05, 3.63) is 18.5 Å². The second kappa shape index (κ2) is 4.53. The van der Waals surface area contributed by atoms with Gasteiger partial charge < -0.3 is 16.2 Å². The van der Waals surface area contributed by atoms with Gasteiger partial charge in [-0.25, -0.2) is 4.68 Å². The zero-order valence-corrected chi connectivity index (χ0v) is 8.41. The number of aliphatic hydroxyl groups excluding tert-OH is 1. The van der Waals surface area contributed by atoms with Crippen LogP contribution in [0.25, 0.3) is 5.95 Å². The summed E-state index contributed by atoms with van der Waals surface area (Å²) in [4.78, 5) is 11.9. The first-order valence-electron chi connectivity index (χ1n) is 4.66. The van der Waals surface area contributed by atoms with Crippen molar-refractivity contribution >= 4 is 11.9 Å². The normalized spacial score (nSPS) is 10.3. The highest BCUT2D eigenvalue weighted by atomic mass is 16.3. The number of aromatic nitrogens is 5. The Bertz CT molecular complexity index is 455. The number of nitrogens with two attached hydrogens (primary N) is 1. The number of aliphatic hydroxyl groups is 1. The van der Waals surface area contributed by atoms with Crippen LogP contribution in [0.15, 0.2) is 18.5 Å². The number of rotatable bonds is 4. The third-order valence-corrected chi connectivity index (χ3v) is 1.75. The first-order chi connectivity index (χ1) is 7.79. The molecule has 4 N–H and O–H groups in total. The van der Waals surface area contributed by atoms with Crippen LogP contribution in [0.2, 0.25) is 0 Å². The van der Waals surface area contributed by atoms with E-state index < -0.39 is 0 Å². The van der Waals surface area contributed by atoms with Crippen molar-refractivity contribution in [3.63, 3.8) is 0 Å². The summed E-state index contributed by atoms with van der Waals surface area (Å²) in [5.41, 5.74) is 5.53. The Morgan fingerprint density at radius 1 is 1.38 bits per heavy atom. The number of nitrogens with zero attached hydrogens (tertiary/aromatic N) is 5. The van der Waals surface area contributed by atoms with Gasteiger partial charge in [0.05, 0.1) is 6.61 Å².